The second-order valence-corrected chi connectivity index (χ2v) is 11.7. The van der Waals surface area contributed by atoms with Crippen LogP contribution in [0.4, 0.5) is 11.5 Å². The predicted octanol–water partition coefficient (Wildman–Crippen LogP) is 7.97. The zero-order valence-corrected chi connectivity index (χ0v) is 23.4. The lowest BCUT2D eigenvalue weighted by Crippen LogP contribution is -2.18. The Morgan fingerprint density at radius 3 is 2.32 bits per heavy atom. The van der Waals surface area contributed by atoms with Gasteiger partial charge in [-0.2, -0.15) is 5.10 Å². The fourth-order valence-electron chi connectivity index (χ4n) is 4.35. The summed E-state index contributed by atoms with van der Waals surface area (Å²) in [6.45, 7) is 0. The molecule has 1 aliphatic carbocycles. The van der Waals surface area contributed by atoms with Crippen LogP contribution in [0.2, 0.25) is 20.1 Å². The Morgan fingerprint density at radius 2 is 1.62 bits per heavy atom. The van der Waals surface area contributed by atoms with Crippen molar-refractivity contribution >= 4 is 104 Å². The van der Waals surface area contributed by atoms with Crippen molar-refractivity contribution in [3.8, 4) is 0 Å². The number of nitrogens with one attached hydrogen (secondary N) is 2. The van der Waals surface area contributed by atoms with Crippen LogP contribution >= 0.6 is 69.6 Å². The van der Waals surface area contributed by atoms with Crippen molar-refractivity contribution in [2.75, 3.05) is 10.6 Å². The third kappa shape index (κ3) is 4.99. The molecule has 1 aliphatic rings. The first-order valence-corrected chi connectivity index (χ1v) is 13.1. The first-order valence-electron chi connectivity index (χ1n) is 10.8. The Bertz CT molecular complexity index is 1560. The van der Waals surface area contributed by atoms with E-state index in [4.69, 9.17) is 69.6 Å². The van der Waals surface area contributed by atoms with Gasteiger partial charge in [0.05, 0.1) is 32.4 Å². The molecule has 0 radical (unpaired) electrons. The average molecular weight is 617 g/mol. The number of fused-ring (bicyclic) bond motifs is 1. The van der Waals surface area contributed by atoms with Crippen molar-refractivity contribution in [1.29, 1.82) is 0 Å². The molecule has 1 heterocycles. The number of hydrogen-bond donors (Lipinski definition) is 2. The van der Waals surface area contributed by atoms with Gasteiger partial charge in [-0.3, -0.25) is 14.3 Å². The van der Waals surface area contributed by atoms with Crippen molar-refractivity contribution < 1.29 is 9.59 Å². The Labute approximate surface area is 241 Å². The summed E-state index contributed by atoms with van der Waals surface area (Å²) >= 11 is 37.7. The van der Waals surface area contributed by atoms with Crippen LogP contribution in [0.3, 0.4) is 0 Å². The molecule has 1 fully saturated rings. The molecular formula is C25H16Cl6N4O2. The van der Waals surface area contributed by atoms with Crippen LogP contribution in [0.5, 0.6) is 0 Å². The smallest absolute Gasteiger partial charge is 0.258 e. The lowest BCUT2D eigenvalue weighted by molar-refractivity contribution is -0.117. The SMILES string of the molecule is Cn1nc(NC(=O)c2cc(NC(=O)C3C(c4cc(Cl)cc(Cl)c4)C3(Cl)Cl)ccc2Cl)c2c(Cl)cccc21. The van der Waals surface area contributed by atoms with Gasteiger partial charge < -0.3 is 10.6 Å². The van der Waals surface area contributed by atoms with Crippen LogP contribution in [-0.2, 0) is 11.8 Å². The molecule has 37 heavy (non-hydrogen) atoms. The molecule has 2 unspecified atom stereocenters. The van der Waals surface area contributed by atoms with Crippen molar-refractivity contribution in [1.82, 2.24) is 9.78 Å². The number of alkyl halides is 2. The van der Waals surface area contributed by atoms with Crippen LogP contribution in [0.1, 0.15) is 21.8 Å². The normalized spacial score (nSPS) is 18.0. The summed E-state index contributed by atoms with van der Waals surface area (Å²) in [5.74, 6) is -1.94. The van der Waals surface area contributed by atoms with Gasteiger partial charge in [-0.1, -0.05) is 52.5 Å². The van der Waals surface area contributed by atoms with Gasteiger partial charge >= 0.3 is 0 Å². The zero-order chi connectivity index (χ0) is 26.6. The molecule has 1 saturated carbocycles. The summed E-state index contributed by atoms with van der Waals surface area (Å²) in [6, 6.07) is 14.8. The molecule has 2 atom stereocenters. The maximum absolute atomic E-state index is 13.1. The fraction of sp³-hybridized carbons (Fsp3) is 0.160. The Hall–Kier alpha value is -2.19. The van der Waals surface area contributed by atoms with E-state index in [1.165, 1.54) is 12.1 Å². The zero-order valence-electron chi connectivity index (χ0n) is 18.8. The van der Waals surface area contributed by atoms with Crippen molar-refractivity contribution in [2.45, 2.75) is 10.3 Å². The molecular weight excluding hydrogens is 601 g/mol. The third-order valence-electron chi connectivity index (χ3n) is 6.12. The van der Waals surface area contributed by atoms with Gasteiger partial charge in [0.2, 0.25) is 5.91 Å². The molecule has 12 heteroatoms. The second kappa shape index (κ2) is 9.84. The molecule has 4 aromatic rings. The second-order valence-electron chi connectivity index (χ2n) is 8.58. The summed E-state index contributed by atoms with van der Waals surface area (Å²) < 4.78 is 0.267. The summed E-state index contributed by atoms with van der Waals surface area (Å²) in [5.41, 5.74) is 1.87. The average Bonchev–Trinajstić information content (AvgIpc) is 3.26. The summed E-state index contributed by atoms with van der Waals surface area (Å²) in [6.07, 6.45) is 0. The number of anilines is 2. The maximum atomic E-state index is 13.1. The molecule has 5 rings (SSSR count). The number of aromatic nitrogens is 2. The van der Waals surface area contributed by atoms with Gasteiger partial charge in [0.1, 0.15) is 4.33 Å². The minimum Gasteiger partial charge on any atom is -0.326 e. The molecule has 0 spiro atoms. The number of amides is 2. The fourth-order valence-corrected chi connectivity index (χ4v) is 6.19. The van der Waals surface area contributed by atoms with Gasteiger partial charge in [-0.15, -0.1) is 23.2 Å². The van der Waals surface area contributed by atoms with E-state index < -0.39 is 28.0 Å². The van der Waals surface area contributed by atoms with Gasteiger partial charge in [0.15, 0.2) is 5.82 Å². The molecule has 1 aromatic heterocycles. The first-order chi connectivity index (χ1) is 17.5. The van der Waals surface area contributed by atoms with E-state index in [-0.39, 0.29) is 16.4 Å². The molecule has 190 valence electrons. The molecule has 3 aromatic carbocycles. The number of carbonyl (C=O) groups excluding carboxylic acids is 2. The Balaban J connectivity index is 1.36. The van der Waals surface area contributed by atoms with Crippen LogP contribution in [0, 0.1) is 5.92 Å². The third-order valence-corrected chi connectivity index (χ3v) is 8.14. The van der Waals surface area contributed by atoms with E-state index in [1.54, 1.807) is 48.1 Å². The van der Waals surface area contributed by atoms with Crippen LogP contribution < -0.4 is 10.6 Å². The largest absolute Gasteiger partial charge is 0.326 e. The van der Waals surface area contributed by atoms with Crippen LogP contribution in [0.15, 0.2) is 54.6 Å². The van der Waals surface area contributed by atoms with Crippen molar-refractivity contribution in [3.05, 3.63) is 85.8 Å². The van der Waals surface area contributed by atoms with Gasteiger partial charge in [-0.05, 0) is 54.1 Å². The number of rotatable bonds is 5. The Kier molecular flexibility index (Phi) is 7.03. The maximum Gasteiger partial charge on any atom is 0.258 e. The summed E-state index contributed by atoms with van der Waals surface area (Å²) in [5, 5.41) is 11.9. The van der Waals surface area contributed by atoms with E-state index >= 15 is 0 Å². The molecule has 0 saturated heterocycles. The number of nitrogens with zero attached hydrogens (tertiary/aromatic N) is 2. The Morgan fingerprint density at radius 1 is 0.919 bits per heavy atom. The highest BCUT2D eigenvalue weighted by Crippen LogP contribution is 2.65. The van der Waals surface area contributed by atoms with Crippen molar-refractivity contribution in [3.63, 3.8) is 0 Å². The first kappa shape index (κ1) is 26.4. The molecule has 0 aliphatic heterocycles. The molecule has 0 bridgehead atoms. The minimum atomic E-state index is -1.34. The van der Waals surface area contributed by atoms with E-state index in [9.17, 15) is 9.59 Å². The number of halogens is 6. The van der Waals surface area contributed by atoms with Crippen molar-refractivity contribution in [2.24, 2.45) is 13.0 Å². The van der Waals surface area contributed by atoms with Gasteiger partial charge in [0.25, 0.3) is 5.91 Å². The lowest BCUT2D eigenvalue weighted by Gasteiger charge is -2.10. The highest BCUT2D eigenvalue weighted by Gasteiger charge is 2.67. The van der Waals surface area contributed by atoms with E-state index in [0.717, 1.165) is 5.52 Å². The summed E-state index contributed by atoms with van der Waals surface area (Å²) in [4.78, 5) is 26.2. The number of hydrogen-bond acceptors (Lipinski definition) is 3. The van der Waals surface area contributed by atoms with E-state index in [0.29, 0.717) is 31.7 Å². The number of aryl methyl sites for hydroxylation is 1. The van der Waals surface area contributed by atoms with Gasteiger partial charge in [-0.25, -0.2) is 0 Å². The highest BCUT2D eigenvalue weighted by atomic mass is 35.5. The van der Waals surface area contributed by atoms with Gasteiger partial charge in [0, 0.05) is 28.7 Å². The quantitative estimate of drug-likeness (QED) is 0.223. The standard InChI is InChI=1S/C25H16Cl6N4O2/c1-35-18-4-2-3-17(29)19(18)22(34-35)33-23(36)15-10-14(5-6-16(15)28)32-24(37)21-20(25(21,30)31)11-7-12(26)9-13(27)8-11/h2-10,20-21H,1H3,(H,32,37)(H,33,34,36). The molecule has 2 amide bonds. The highest BCUT2D eigenvalue weighted by molar-refractivity contribution is 6.53. The van der Waals surface area contributed by atoms with Crippen LogP contribution in [0.25, 0.3) is 10.9 Å². The topological polar surface area (TPSA) is 76.0 Å². The van der Waals surface area contributed by atoms with Crippen LogP contribution in [-0.4, -0.2) is 25.9 Å². The number of benzene rings is 3. The lowest BCUT2D eigenvalue weighted by atomic mass is 10.1. The van der Waals surface area contributed by atoms with E-state index in [1.807, 2.05) is 6.07 Å². The minimum absolute atomic E-state index is 0.127. The predicted molar refractivity (Wildman–Crippen MR) is 151 cm³/mol. The summed E-state index contributed by atoms with van der Waals surface area (Å²) in [7, 11) is 1.74. The van der Waals surface area contributed by atoms with E-state index in [2.05, 4.69) is 15.7 Å². The molecule has 6 nitrogen and oxygen atoms in total. The molecule has 2 N–H and O–H groups in total. The number of carbonyl (C=O) groups is 2. The monoisotopic (exact) mass is 614 g/mol.